The van der Waals surface area contributed by atoms with Gasteiger partial charge in [-0.2, -0.15) is 13.2 Å². The van der Waals surface area contributed by atoms with Gasteiger partial charge in [0.05, 0.1) is 12.1 Å². The lowest BCUT2D eigenvalue weighted by molar-refractivity contribution is -0.201. The third-order valence-corrected chi connectivity index (χ3v) is 2.33. The first kappa shape index (κ1) is 15.4. The van der Waals surface area contributed by atoms with Crippen molar-refractivity contribution in [3.05, 3.63) is 34.9 Å². The Kier molecular flexibility index (Phi) is 4.46. The van der Waals surface area contributed by atoms with Crippen molar-refractivity contribution >= 4 is 5.91 Å². The van der Waals surface area contributed by atoms with Crippen molar-refractivity contribution in [1.82, 2.24) is 5.32 Å². The van der Waals surface area contributed by atoms with E-state index in [2.05, 4.69) is 0 Å². The standard InChI is InChI=1S/C11H10F5NO2/c1-5-2-6(8(13)3-7(5)12)10(19)17-4-9(18)11(14,15)16/h2-3,9,18H,4H2,1H3,(H,17,19). The van der Waals surface area contributed by atoms with Crippen molar-refractivity contribution in [3.8, 4) is 0 Å². The third kappa shape index (κ3) is 3.88. The molecule has 1 amide bonds. The number of aliphatic hydroxyl groups excluding tert-OH is 1. The van der Waals surface area contributed by atoms with E-state index in [4.69, 9.17) is 5.11 Å². The van der Waals surface area contributed by atoms with Crippen molar-refractivity contribution in [3.63, 3.8) is 0 Å². The number of amides is 1. The van der Waals surface area contributed by atoms with Gasteiger partial charge >= 0.3 is 6.18 Å². The zero-order chi connectivity index (χ0) is 14.8. The van der Waals surface area contributed by atoms with Crippen molar-refractivity contribution in [2.75, 3.05) is 6.54 Å². The van der Waals surface area contributed by atoms with Crippen LogP contribution in [0.15, 0.2) is 12.1 Å². The molecule has 19 heavy (non-hydrogen) atoms. The zero-order valence-electron chi connectivity index (χ0n) is 9.68. The topological polar surface area (TPSA) is 49.3 Å². The summed E-state index contributed by atoms with van der Waals surface area (Å²) < 4.78 is 62.1. The summed E-state index contributed by atoms with van der Waals surface area (Å²) >= 11 is 0. The van der Waals surface area contributed by atoms with Gasteiger partial charge < -0.3 is 10.4 Å². The van der Waals surface area contributed by atoms with Gasteiger partial charge in [-0.25, -0.2) is 8.78 Å². The van der Waals surface area contributed by atoms with Gasteiger partial charge in [0.1, 0.15) is 11.6 Å². The van der Waals surface area contributed by atoms with Crippen molar-refractivity contribution < 1.29 is 31.9 Å². The molecule has 0 aromatic heterocycles. The second kappa shape index (κ2) is 5.52. The molecule has 0 fully saturated rings. The predicted molar refractivity (Wildman–Crippen MR) is 55.5 cm³/mol. The highest BCUT2D eigenvalue weighted by Gasteiger charge is 2.38. The van der Waals surface area contributed by atoms with E-state index in [1.807, 2.05) is 0 Å². The lowest BCUT2D eigenvalue weighted by Gasteiger charge is -2.15. The Bertz CT molecular complexity index is 487. The molecule has 106 valence electrons. The van der Waals surface area contributed by atoms with E-state index in [0.29, 0.717) is 6.07 Å². The maximum absolute atomic E-state index is 13.3. The largest absolute Gasteiger partial charge is 0.416 e. The smallest absolute Gasteiger partial charge is 0.382 e. The Morgan fingerprint density at radius 3 is 2.42 bits per heavy atom. The molecule has 0 aliphatic rings. The molecule has 0 saturated carbocycles. The molecule has 0 heterocycles. The number of aryl methyl sites for hydroxylation is 1. The van der Waals surface area contributed by atoms with Crippen LogP contribution >= 0.6 is 0 Å². The summed E-state index contributed by atoms with van der Waals surface area (Å²) in [6, 6.07) is 1.34. The molecule has 0 saturated heterocycles. The lowest BCUT2D eigenvalue weighted by Crippen LogP contribution is -2.40. The monoisotopic (exact) mass is 283 g/mol. The number of carbonyl (C=O) groups is 1. The fraction of sp³-hybridized carbons (Fsp3) is 0.364. The Morgan fingerprint density at radius 2 is 1.89 bits per heavy atom. The van der Waals surface area contributed by atoms with E-state index in [-0.39, 0.29) is 5.56 Å². The lowest BCUT2D eigenvalue weighted by atomic mass is 10.1. The predicted octanol–water partition coefficient (Wildman–Crippen LogP) is 1.93. The van der Waals surface area contributed by atoms with E-state index in [1.54, 1.807) is 5.32 Å². The number of halogens is 5. The van der Waals surface area contributed by atoms with E-state index in [9.17, 15) is 26.7 Å². The Balaban J connectivity index is 2.77. The third-order valence-electron chi connectivity index (χ3n) is 2.33. The molecule has 1 aromatic rings. The van der Waals surface area contributed by atoms with Crippen molar-refractivity contribution in [1.29, 1.82) is 0 Å². The average Bonchev–Trinajstić information content (AvgIpc) is 2.29. The number of carbonyl (C=O) groups excluding carboxylic acids is 1. The SMILES string of the molecule is Cc1cc(C(=O)NCC(O)C(F)(F)F)c(F)cc1F. The van der Waals surface area contributed by atoms with E-state index < -0.39 is 41.9 Å². The minimum absolute atomic E-state index is 0.0251. The molecule has 0 aliphatic heterocycles. The number of nitrogens with one attached hydrogen (secondary N) is 1. The van der Waals surface area contributed by atoms with Gasteiger partial charge in [0, 0.05) is 6.07 Å². The van der Waals surface area contributed by atoms with Crippen LogP contribution in [-0.2, 0) is 0 Å². The Labute approximate surface area is 105 Å². The van der Waals surface area contributed by atoms with Crippen LogP contribution in [0.4, 0.5) is 22.0 Å². The molecule has 3 nitrogen and oxygen atoms in total. The number of rotatable bonds is 3. The van der Waals surface area contributed by atoms with Crippen LogP contribution in [0.1, 0.15) is 15.9 Å². The van der Waals surface area contributed by atoms with Crippen LogP contribution in [0.5, 0.6) is 0 Å². The maximum Gasteiger partial charge on any atom is 0.416 e. The maximum atomic E-state index is 13.3. The number of aliphatic hydroxyl groups is 1. The molecular formula is C11H10F5NO2. The summed E-state index contributed by atoms with van der Waals surface area (Å²) in [7, 11) is 0. The molecule has 0 spiro atoms. The summed E-state index contributed by atoms with van der Waals surface area (Å²) in [4.78, 5) is 11.4. The number of benzene rings is 1. The normalized spacial score (nSPS) is 13.2. The summed E-state index contributed by atoms with van der Waals surface area (Å²) in [6.07, 6.45) is -7.63. The number of hydrogen-bond donors (Lipinski definition) is 2. The second-order valence-electron chi connectivity index (χ2n) is 3.85. The van der Waals surface area contributed by atoms with Crippen molar-refractivity contribution in [2.24, 2.45) is 0 Å². The average molecular weight is 283 g/mol. The van der Waals surface area contributed by atoms with Crippen LogP contribution in [0.25, 0.3) is 0 Å². The fourth-order valence-corrected chi connectivity index (χ4v) is 1.23. The first-order valence-electron chi connectivity index (χ1n) is 5.11. The molecule has 0 radical (unpaired) electrons. The number of alkyl halides is 3. The first-order chi connectivity index (χ1) is 8.62. The highest BCUT2D eigenvalue weighted by atomic mass is 19.4. The Hall–Kier alpha value is -1.70. The molecule has 1 unspecified atom stereocenters. The van der Waals surface area contributed by atoms with E-state index >= 15 is 0 Å². The fourth-order valence-electron chi connectivity index (χ4n) is 1.23. The number of hydrogen-bond acceptors (Lipinski definition) is 2. The second-order valence-corrected chi connectivity index (χ2v) is 3.85. The van der Waals surface area contributed by atoms with Gasteiger partial charge in [-0.3, -0.25) is 4.79 Å². The van der Waals surface area contributed by atoms with Gasteiger partial charge in [-0.15, -0.1) is 0 Å². The van der Waals surface area contributed by atoms with Gasteiger partial charge in [0.2, 0.25) is 0 Å². The summed E-state index contributed by atoms with van der Waals surface area (Å²) in [5, 5.41) is 10.4. The van der Waals surface area contributed by atoms with E-state index in [0.717, 1.165) is 6.07 Å². The highest BCUT2D eigenvalue weighted by Crippen LogP contribution is 2.19. The van der Waals surface area contributed by atoms with Gasteiger partial charge in [0.15, 0.2) is 6.10 Å². The highest BCUT2D eigenvalue weighted by molar-refractivity contribution is 5.94. The van der Waals surface area contributed by atoms with Crippen LogP contribution in [0.3, 0.4) is 0 Å². The molecule has 1 rings (SSSR count). The van der Waals surface area contributed by atoms with Crippen LogP contribution in [-0.4, -0.2) is 29.8 Å². The molecule has 0 aliphatic carbocycles. The first-order valence-corrected chi connectivity index (χ1v) is 5.11. The van der Waals surface area contributed by atoms with Crippen LogP contribution in [0, 0.1) is 18.6 Å². The van der Waals surface area contributed by atoms with Crippen LogP contribution in [0.2, 0.25) is 0 Å². The van der Waals surface area contributed by atoms with Gasteiger partial charge in [-0.1, -0.05) is 0 Å². The molecule has 1 aromatic carbocycles. The molecule has 2 N–H and O–H groups in total. The molecule has 8 heteroatoms. The minimum atomic E-state index is -4.88. The zero-order valence-corrected chi connectivity index (χ0v) is 9.68. The minimum Gasteiger partial charge on any atom is -0.382 e. The van der Waals surface area contributed by atoms with E-state index in [1.165, 1.54) is 6.92 Å². The van der Waals surface area contributed by atoms with Crippen molar-refractivity contribution in [2.45, 2.75) is 19.2 Å². The summed E-state index contributed by atoms with van der Waals surface area (Å²) in [6.45, 7) is 0.161. The quantitative estimate of drug-likeness (QED) is 0.833. The van der Waals surface area contributed by atoms with Gasteiger partial charge in [0.25, 0.3) is 5.91 Å². The Morgan fingerprint density at radius 1 is 1.32 bits per heavy atom. The summed E-state index contributed by atoms with van der Waals surface area (Å²) in [5.41, 5.74) is -0.615. The summed E-state index contributed by atoms with van der Waals surface area (Å²) in [5.74, 6) is -3.23. The molecular weight excluding hydrogens is 273 g/mol. The van der Waals surface area contributed by atoms with Gasteiger partial charge in [-0.05, 0) is 18.6 Å². The molecule has 1 atom stereocenters. The van der Waals surface area contributed by atoms with Crippen LogP contribution < -0.4 is 5.32 Å². The molecule has 0 bridgehead atoms.